The third-order valence-electron chi connectivity index (χ3n) is 4.00. The normalized spacial score (nSPS) is 10.7. The first-order chi connectivity index (χ1) is 11.2. The van der Waals surface area contributed by atoms with Crippen LogP contribution in [0.5, 0.6) is 5.75 Å². The van der Waals surface area contributed by atoms with Crippen LogP contribution in [-0.2, 0) is 6.42 Å². The van der Waals surface area contributed by atoms with Crippen molar-refractivity contribution in [3.05, 3.63) is 53.1 Å². The number of unbranched alkanes of at least 4 members (excludes halogenated alkanes) is 3. The number of benzene rings is 2. The summed E-state index contributed by atoms with van der Waals surface area (Å²) >= 11 is 6.32. The van der Waals surface area contributed by atoms with Crippen molar-refractivity contribution in [1.82, 2.24) is 0 Å². The summed E-state index contributed by atoms with van der Waals surface area (Å²) in [7, 11) is 0. The van der Waals surface area contributed by atoms with Crippen LogP contribution in [0.25, 0.3) is 11.1 Å². The first-order valence-electron chi connectivity index (χ1n) is 8.76. The molecule has 2 heteroatoms. The molecule has 2 rings (SSSR count). The molecule has 0 aliphatic carbocycles. The Morgan fingerprint density at radius 2 is 1.57 bits per heavy atom. The van der Waals surface area contributed by atoms with Gasteiger partial charge in [-0.2, -0.15) is 0 Å². The zero-order valence-electron chi connectivity index (χ0n) is 14.3. The lowest BCUT2D eigenvalue weighted by atomic mass is 10.0. The maximum Gasteiger partial charge on any atom is 0.137 e. The smallest absolute Gasteiger partial charge is 0.137 e. The Morgan fingerprint density at radius 1 is 0.826 bits per heavy atom. The second-order valence-electron chi connectivity index (χ2n) is 6.00. The van der Waals surface area contributed by atoms with E-state index >= 15 is 0 Å². The summed E-state index contributed by atoms with van der Waals surface area (Å²) in [6.07, 6.45) is 7.39. The molecule has 0 radical (unpaired) electrons. The minimum absolute atomic E-state index is 0.680. The molecule has 0 saturated heterocycles. The van der Waals surface area contributed by atoms with E-state index in [1.807, 2.05) is 12.1 Å². The van der Waals surface area contributed by atoms with Gasteiger partial charge in [0.25, 0.3) is 0 Å². The second-order valence-corrected chi connectivity index (χ2v) is 6.41. The van der Waals surface area contributed by atoms with Crippen molar-refractivity contribution in [1.29, 1.82) is 0 Å². The molecule has 124 valence electrons. The Bertz CT molecular complexity index is 589. The minimum Gasteiger partial charge on any atom is -0.492 e. The molecule has 0 spiro atoms. The zero-order chi connectivity index (χ0) is 16.5. The Hall–Kier alpha value is -1.47. The van der Waals surface area contributed by atoms with Gasteiger partial charge in [-0.1, -0.05) is 75.0 Å². The SMILES string of the molecule is CCCCCCc1ccc(-c2ccc(OCCC)c(Cl)c2)cc1. The van der Waals surface area contributed by atoms with Gasteiger partial charge in [0, 0.05) is 0 Å². The first-order valence-corrected chi connectivity index (χ1v) is 9.14. The van der Waals surface area contributed by atoms with Crippen LogP contribution in [0.1, 0.15) is 51.5 Å². The third-order valence-corrected chi connectivity index (χ3v) is 4.30. The first kappa shape index (κ1) is 17.9. The van der Waals surface area contributed by atoms with Gasteiger partial charge in [0.1, 0.15) is 5.75 Å². The minimum atomic E-state index is 0.680. The van der Waals surface area contributed by atoms with E-state index in [0.717, 1.165) is 17.7 Å². The Kier molecular flexibility index (Phi) is 7.48. The van der Waals surface area contributed by atoms with Crippen LogP contribution in [0.3, 0.4) is 0 Å². The van der Waals surface area contributed by atoms with E-state index in [0.29, 0.717) is 11.6 Å². The van der Waals surface area contributed by atoms with E-state index in [-0.39, 0.29) is 0 Å². The summed E-state index contributed by atoms with van der Waals surface area (Å²) in [6.45, 7) is 5.04. The molecule has 0 bridgehead atoms. The number of halogens is 1. The van der Waals surface area contributed by atoms with Gasteiger partial charge in [-0.15, -0.1) is 0 Å². The lowest BCUT2D eigenvalue weighted by Gasteiger charge is -2.09. The van der Waals surface area contributed by atoms with Crippen LogP contribution in [-0.4, -0.2) is 6.61 Å². The van der Waals surface area contributed by atoms with Crippen molar-refractivity contribution in [2.45, 2.75) is 52.4 Å². The molecule has 0 aliphatic rings. The number of rotatable bonds is 9. The molecular weight excluding hydrogens is 304 g/mol. The van der Waals surface area contributed by atoms with Crippen LogP contribution in [0.15, 0.2) is 42.5 Å². The monoisotopic (exact) mass is 330 g/mol. The van der Waals surface area contributed by atoms with Crippen molar-refractivity contribution < 1.29 is 4.74 Å². The molecule has 0 fully saturated rings. The fourth-order valence-electron chi connectivity index (χ4n) is 2.63. The summed E-state index contributed by atoms with van der Waals surface area (Å²) in [5, 5.41) is 0.680. The molecule has 0 aliphatic heterocycles. The highest BCUT2D eigenvalue weighted by atomic mass is 35.5. The molecule has 0 aromatic heterocycles. The van der Waals surface area contributed by atoms with Gasteiger partial charge in [0.15, 0.2) is 0 Å². The summed E-state index contributed by atoms with van der Waals surface area (Å²) in [4.78, 5) is 0. The molecule has 23 heavy (non-hydrogen) atoms. The molecule has 0 amide bonds. The van der Waals surface area contributed by atoms with Gasteiger partial charge in [-0.25, -0.2) is 0 Å². The van der Waals surface area contributed by atoms with Crippen molar-refractivity contribution in [2.75, 3.05) is 6.61 Å². The Labute approximate surface area is 145 Å². The highest BCUT2D eigenvalue weighted by Gasteiger charge is 2.05. The van der Waals surface area contributed by atoms with Crippen LogP contribution in [0, 0.1) is 0 Å². The van der Waals surface area contributed by atoms with E-state index in [9.17, 15) is 0 Å². The highest BCUT2D eigenvalue weighted by Crippen LogP contribution is 2.30. The van der Waals surface area contributed by atoms with Gasteiger partial charge in [0.05, 0.1) is 11.6 Å². The van der Waals surface area contributed by atoms with Gasteiger partial charge >= 0.3 is 0 Å². The van der Waals surface area contributed by atoms with Gasteiger partial charge < -0.3 is 4.74 Å². The number of aryl methyl sites for hydroxylation is 1. The fourth-order valence-corrected chi connectivity index (χ4v) is 2.86. The van der Waals surface area contributed by atoms with Gasteiger partial charge in [0.2, 0.25) is 0 Å². The lowest BCUT2D eigenvalue weighted by molar-refractivity contribution is 0.317. The molecule has 0 atom stereocenters. The summed E-state index contributed by atoms with van der Waals surface area (Å²) in [5.41, 5.74) is 3.75. The zero-order valence-corrected chi connectivity index (χ0v) is 15.0. The lowest BCUT2D eigenvalue weighted by Crippen LogP contribution is -1.95. The predicted molar refractivity (Wildman–Crippen MR) is 101 cm³/mol. The fraction of sp³-hybridized carbons (Fsp3) is 0.429. The second kappa shape index (κ2) is 9.62. The maximum atomic E-state index is 6.32. The molecule has 1 nitrogen and oxygen atoms in total. The quantitative estimate of drug-likeness (QED) is 0.453. The molecule has 0 heterocycles. The molecular formula is C21H27ClO. The molecule has 0 unspecified atom stereocenters. The molecule has 0 N–H and O–H groups in total. The van der Waals surface area contributed by atoms with Crippen LogP contribution >= 0.6 is 11.6 Å². The van der Waals surface area contributed by atoms with E-state index in [1.54, 1.807) is 0 Å². The Balaban J connectivity index is 2.00. The summed E-state index contributed by atoms with van der Waals surface area (Å²) in [6, 6.07) is 14.9. The predicted octanol–water partition coefficient (Wildman–Crippen LogP) is 6.92. The van der Waals surface area contributed by atoms with E-state index in [1.165, 1.54) is 43.2 Å². The maximum absolute atomic E-state index is 6.32. The van der Waals surface area contributed by atoms with Crippen LogP contribution in [0.2, 0.25) is 5.02 Å². The van der Waals surface area contributed by atoms with Crippen LogP contribution < -0.4 is 4.74 Å². The standard InChI is InChI=1S/C21H27ClO/c1-3-5-6-7-8-17-9-11-18(12-10-17)19-13-14-21(20(22)16-19)23-15-4-2/h9-14,16H,3-8,15H2,1-2H3. The Morgan fingerprint density at radius 3 is 2.22 bits per heavy atom. The van der Waals surface area contributed by atoms with E-state index in [4.69, 9.17) is 16.3 Å². The number of hydrogen-bond donors (Lipinski definition) is 0. The largest absolute Gasteiger partial charge is 0.492 e. The van der Waals surface area contributed by atoms with E-state index < -0.39 is 0 Å². The van der Waals surface area contributed by atoms with Crippen molar-refractivity contribution in [3.8, 4) is 16.9 Å². The number of hydrogen-bond acceptors (Lipinski definition) is 1. The van der Waals surface area contributed by atoms with Gasteiger partial charge in [-0.05, 0) is 48.1 Å². The van der Waals surface area contributed by atoms with Crippen molar-refractivity contribution in [3.63, 3.8) is 0 Å². The highest BCUT2D eigenvalue weighted by molar-refractivity contribution is 6.32. The topological polar surface area (TPSA) is 9.23 Å². The number of ether oxygens (including phenoxy) is 1. The summed E-state index contributed by atoms with van der Waals surface area (Å²) < 4.78 is 5.63. The van der Waals surface area contributed by atoms with Gasteiger partial charge in [-0.3, -0.25) is 0 Å². The molecule has 0 saturated carbocycles. The third kappa shape index (κ3) is 5.58. The van der Waals surface area contributed by atoms with Crippen molar-refractivity contribution in [2.24, 2.45) is 0 Å². The molecule has 2 aromatic carbocycles. The molecule has 2 aromatic rings. The average molecular weight is 331 g/mol. The average Bonchev–Trinajstić information content (AvgIpc) is 2.58. The van der Waals surface area contributed by atoms with Crippen molar-refractivity contribution >= 4 is 11.6 Å². The van der Waals surface area contributed by atoms with Crippen LogP contribution in [0.4, 0.5) is 0 Å². The van der Waals surface area contributed by atoms with E-state index in [2.05, 4.69) is 44.2 Å². The summed E-state index contributed by atoms with van der Waals surface area (Å²) in [5.74, 6) is 0.768.